The van der Waals surface area contributed by atoms with E-state index in [1.807, 2.05) is 0 Å². The van der Waals surface area contributed by atoms with E-state index in [2.05, 4.69) is 60.7 Å². The van der Waals surface area contributed by atoms with Crippen molar-refractivity contribution in [2.24, 2.45) is 0 Å². The van der Waals surface area contributed by atoms with Crippen LogP contribution >= 0.6 is 22.6 Å². The summed E-state index contributed by atoms with van der Waals surface area (Å²) >= 11 is 2.45. The summed E-state index contributed by atoms with van der Waals surface area (Å²) in [5.41, 5.74) is 2.78. The first-order valence-corrected chi connectivity index (χ1v) is 5.12. The molecule has 1 aromatic rings. The van der Waals surface area contributed by atoms with Gasteiger partial charge in [0.15, 0.2) is 0 Å². The molecule has 0 nitrogen and oxygen atoms in total. The molecule has 0 aromatic heterocycles. The molecule has 1 atom stereocenters. The summed E-state index contributed by atoms with van der Waals surface area (Å²) in [4.78, 5) is 0. The maximum absolute atomic E-state index is 2.45. The van der Waals surface area contributed by atoms with Crippen LogP contribution < -0.4 is 0 Å². The third kappa shape index (κ3) is 3.23. The molecule has 0 N–H and O–H groups in total. The first kappa shape index (κ1) is 9.04. The fraction of sp³-hybridized carbons (Fsp3) is 0.400. The van der Waals surface area contributed by atoms with Crippen molar-refractivity contribution in [2.75, 3.05) is 0 Å². The van der Waals surface area contributed by atoms with Gasteiger partial charge in [-0.15, -0.1) is 0 Å². The minimum atomic E-state index is 0.732. The minimum absolute atomic E-state index is 0.732. The quantitative estimate of drug-likeness (QED) is 0.565. The Morgan fingerprint density at radius 3 is 2.27 bits per heavy atom. The minimum Gasteiger partial charge on any atom is -0.0826 e. The van der Waals surface area contributed by atoms with Crippen molar-refractivity contribution < 1.29 is 0 Å². The Hall–Kier alpha value is -0.0500. The fourth-order valence-electron chi connectivity index (χ4n) is 1.05. The molecule has 0 saturated carbocycles. The summed E-state index contributed by atoms with van der Waals surface area (Å²) in [6, 6.07) is 8.78. The summed E-state index contributed by atoms with van der Waals surface area (Å²) in [5, 5.41) is 0. The Bertz CT molecular complexity index is 211. The molecule has 0 bridgehead atoms. The van der Waals surface area contributed by atoms with Crippen molar-refractivity contribution in [3.8, 4) is 0 Å². The molecule has 60 valence electrons. The van der Waals surface area contributed by atoms with Crippen molar-refractivity contribution in [1.29, 1.82) is 0 Å². The van der Waals surface area contributed by atoms with Crippen LogP contribution in [0.15, 0.2) is 24.3 Å². The Kier molecular flexibility index (Phi) is 3.37. The molecule has 0 aliphatic heterocycles. The van der Waals surface area contributed by atoms with E-state index in [-0.39, 0.29) is 0 Å². The molecular weight excluding hydrogens is 247 g/mol. The van der Waals surface area contributed by atoms with Crippen LogP contribution in [0.5, 0.6) is 0 Å². The second-order valence-electron chi connectivity index (χ2n) is 2.97. The van der Waals surface area contributed by atoms with Gasteiger partial charge in [0.25, 0.3) is 0 Å². The zero-order chi connectivity index (χ0) is 8.27. The smallest absolute Gasteiger partial charge is 0.0122 e. The van der Waals surface area contributed by atoms with Gasteiger partial charge in [0, 0.05) is 3.92 Å². The first-order chi connectivity index (χ1) is 5.18. The van der Waals surface area contributed by atoms with Gasteiger partial charge in [-0.25, -0.2) is 0 Å². The Morgan fingerprint density at radius 1 is 1.27 bits per heavy atom. The lowest BCUT2D eigenvalue weighted by Crippen LogP contribution is -1.95. The van der Waals surface area contributed by atoms with Crippen molar-refractivity contribution in [1.82, 2.24) is 0 Å². The molecule has 0 amide bonds. The van der Waals surface area contributed by atoms with E-state index >= 15 is 0 Å². The fourth-order valence-corrected chi connectivity index (χ4v) is 1.56. The van der Waals surface area contributed by atoms with Crippen LogP contribution in [-0.4, -0.2) is 3.92 Å². The standard InChI is InChI=1S/C10H13I/c1-8-3-5-10(6-4-8)7-9(2)11/h3-6,9H,7H2,1-2H3. The maximum Gasteiger partial charge on any atom is 0.0122 e. The lowest BCUT2D eigenvalue weighted by atomic mass is 10.1. The molecule has 0 aliphatic carbocycles. The van der Waals surface area contributed by atoms with E-state index in [4.69, 9.17) is 0 Å². The zero-order valence-corrected chi connectivity index (χ0v) is 9.13. The van der Waals surface area contributed by atoms with Crippen LogP contribution in [0.25, 0.3) is 0 Å². The number of aryl methyl sites for hydroxylation is 1. The summed E-state index contributed by atoms with van der Waals surface area (Å²) in [6.45, 7) is 4.36. The van der Waals surface area contributed by atoms with E-state index in [1.165, 1.54) is 17.5 Å². The number of hydrogen-bond acceptors (Lipinski definition) is 0. The number of benzene rings is 1. The number of hydrogen-bond donors (Lipinski definition) is 0. The average molecular weight is 260 g/mol. The van der Waals surface area contributed by atoms with Gasteiger partial charge in [-0.2, -0.15) is 0 Å². The van der Waals surface area contributed by atoms with Crippen LogP contribution in [-0.2, 0) is 6.42 Å². The number of alkyl halides is 1. The van der Waals surface area contributed by atoms with Gasteiger partial charge in [-0.3, -0.25) is 0 Å². The Morgan fingerprint density at radius 2 is 1.82 bits per heavy atom. The van der Waals surface area contributed by atoms with Gasteiger partial charge in [-0.1, -0.05) is 59.3 Å². The molecule has 1 unspecified atom stereocenters. The van der Waals surface area contributed by atoms with Crippen molar-refractivity contribution >= 4 is 22.6 Å². The van der Waals surface area contributed by atoms with Crippen LogP contribution in [0.4, 0.5) is 0 Å². The van der Waals surface area contributed by atoms with Gasteiger partial charge in [0.05, 0.1) is 0 Å². The van der Waals surface area contributed by atoms with Crippen LogP contribution in [0.2, 0.25) is 0 Å². The first-order valence-electron chi connectivity index (χ1n) is 3.88. The SMILES string of the molecule is Cc1ccc(CC(C)I)cc1. The van der Waals surface area contributed by atoms with E-state index < -0.39 is 0 Å². The third-order valence-corrected chi connectivity index (χ3v) is 2.08. The monoisotopic (exact) mass is 260 g/mol. The number of rotatable bonds is 2. The lowest BCUT2D eigenvalue weighted by molar-refractivity contribution is 0.976. The van der Waals surface area contributed by atoms with E-state index in [9.17, 15) is 0 Å². The normalized spacial score (nSPS) is 13.0. The average Bonchev–Trinajstić information content (AvgIpc) is 1.93. The molecule has 0 spiro atoms. The van der Waals surface area contributed by atoms with Crippen LogP contribution in [0.3, 0.4) is 0 Å². The molecule has 1 rings (SSSR count). The largest absolute Gasteiger partial charge is 0.0826 e. The third-order valence-electron chi connectivity index (χ3n) is 1.64. The highest BCUT2D eigenvalue weighted by Gasteiger charge is 1.96. The molecule has 0 saturated heterocycles. The van der Waals surface area contributed by atoms with Gasteiger partial charge in [0.2, 0.25) is 0 Å². The predicted molar refractivity (Wildman–Crippen MR) is 58.4 cm³/mol. The van der Waals surface area contributed by atoms with E-state index in [1.54, 1.807) is 0 Å². The highest BCUT2D eigenvalue weighted by Crippen LogP contribution is 2.10. The van der Waals surface area contributed by atoms with Crippen LogP contribution in [0, 0.1) is 6.92 Å². The molecule has 0 radical (unpaired) electrons. The van der Waals surface area contributed by atoms with Gasteiger partial charge in [0.1, 0.15) is 0 Å². The van der Waals surface area contributed by atoms with Gasteiger partial charge < -0.3 is 0 Å². The molecule has 0 fully saturated rings. The predicted octanol–water partition coefficient (Wildman–Crippen LogP) is 3.36. The second-order valence-corrected chi connectivity index (χ2v) is 5.10. The Labute approximate surface area is 82.2 Å². The second kappa shape index (κ2) is 4.10. The van der Waals surface area contributed by atoms with Gasteiger partial charge >= 0.3 is 0 Å². The highest BCUT2D eigenvalue weighted by atomic mass is 127. The molecule has 0 heterocycles. The number of halogens is 1. The van der Waals surface area contributed by atoms with Crippen molar-refractivity contribution in [3.63, 3.8) is 0 Å². The van der Waals surface area contributed by atoms with Crippen LogP contribution in [0.1, 0.15) is 18.1 Å². The van der Waals surface area contributed by atoms with Gasteiger partial charge in [-0.05, 0) is 18.9 Å². The summed E-state index contributed by atoms with van der Waals surface area (Å²) in [7, 11) is 0. The zero-order valence-electron chi connectivity index (χ0n) is 6.97. The molecule has 11 heavy (non-hydrogen) atoms. The summed E-state index contributed by atoms with van der Waals surface area (Å²) < 4.78 is 0.732. The molecular formula is C10H13I. The lowest BCUT2D eigenvalue weighted by Gasteiger charge is -2.02. The molecule has 1 aromatic carbocycles. The Balaban J connectivity index is 2.66. The van der Waals surface area contributed by atoms with Crippen molar-refractivity contribution in [2.45, 2.75) is 24.2 Å². The van der Waals surface area contributed by atoms with E-state index in [0.29, 0.717) is 0 Å². The van der Waals surface area contributed by atoms with Crippen molar-refractivity contribution in [3.05, 3.63) is 35.4 Å². The molecule has 0 aliphatic rings. The highest BCUT2D eigenvalue weighted by molar-refractivity contribution is 14.1. The summed E-state index contributed by atoms with van der Waals surface area (Å²) in [5.74, 6) is 0. The summed E-state index contributed by atoms with van der Waals surface area (Å²) in [6.07, 6.45) is 1.18. The molecule has 1 heteroatoms. The van der Waals surface area contributed by atoms with E-state index in [0.717, 1.165) is 3.92 Å². The maximum atomic E-state index is 2.45. The topological polar surface area (TPSA) is 0 Å².